The van der Waals surface area contributed by atoms with Crippen molar-refractivity contribution in [1.29, 1.82) is 0 Å². The number of nitrogens with one attached hydrogen (secondary N) is 1. The number of rotatable bonds is 9. The summed E-state index contributed by atoms with van der Waals surface area (Å²) in [4.78, 5) is 39.1. The summed E-state index contributed by atoms with van der Waals surface area (Å²) in [6, 6.07) is 7.76. The number of esters is 1. The van der Waals surface area contributed by atoms with Gasteiger partial charge in [-0.05, 0) is 57.4 Å². The Morgan fingerprint density at radius 3 is 2.58 bits per heavy atom. The summed E-state index contributed by atoms with van der Waals surface area (Å²) >= 11 is 0. The molecule has 7 nitrogen and oxygen atoms in total. The Kier molecular flexibility index (Phi) is 10.0. The second-order valence-electron chi connectivity index (χ2n) is 8.31. The molecule has 1 aliphatic heterocycles. The molecule has 0 radical (unpaired) electrons. The van der Waals surface area contributed by atoms with Gasteiger partial charge in [-0.15, -0.1) is 0 Å². The van der Waals surface area contributed by atoms with E-state index in [4.69, 9.17) is 4.74 Å². The Balaban J connectivity index is 0.00000341. The standard InChI is InChI=1S/C23H32N2O5.Na.H/c1-3-30-23(29)18(13-12-16-8-5-4-6-9-16)24-15(2)21(26)25-19-11-7-10-17(19)14-20(25)22(27)28;;/h4-6,8-9,15,17-20,24H,3,7,10-14H2,1-2H3,(H,27,28);;/t15-,17-,18-,19-,20-;;/m0../s1. The van der Waals surface area contributed by atoms with E-state index in [1.165, 1.54) is 0 Å². The van der Waals surface area contributed by atoms with Crippen molar-refractivity contribution < 1.29 is 24.2 Å². The molecule has 1 aromatic rings. The van der Waals surface area contributed by atoms with Crippen LogP contribution in [0.4, 0.5) is 0 Å². The second-order valence-corrected chi connectivity index (χ2v) is 8.31. The normalized spacial score (nSPS) is 24.1. The van der Waals surface area contributed by atoms with Crippen LogP contribution in [0.15, 0.2) is 30.3 Å². The molecule has 2 fully saturated rings. The second kappa shape index (κ2) is 12.0. The number of hydrogen-bond acceptors (Lipinski definition) is 5. The SMILES string of the molecule is CCOC(=O)[C@H](CCc1ccccc1)N[C@@H](C)C(=O)N1[C@H](C(=O)O)C[C@@H]2CCC[C@@H]21.[NaH]. The van der Waals surface area contributed by atoms with Crippen molar-refractivity contribution in [2.45, 2.75) is 76.5 Å². The van der Waals surface area contributed by atoms with Gasteiger partial charge in [0.15, 0.2) is 0 Å². The van der Waals surface area contributed by atoms with E-state index >= 15 is 0 Å². The Morgan fingerprint density at radius 2 is 1.94 bits per heavy atom. The van der Waals surface area contributed by atoms with Gasteiger partial charge in [0.05, 0.1) is 12.6 Å². The van der Waals surface area contributed by atoms with Gasteiger partial charge in [-0.1, -0.05) is 36.8 Å². The van der Waals surface area contributed by atoms with Gasteiger partial charge in [-0.2, -0.15) is 0 Å². The van der Waals surface area contributed by atoms with Crippen LogP contribution in [-0.2, 0) is 25.5 Å². The zero-order valence-corrected chi connectivity index (χ0v) is 17.8. The zero-order chi connectivity index (χ0) is 21.7. The van der Waals surface area contributed by atoms with Crippen molar-refractivity contribution >= 4 is 47.4 Å². The van der Waals surface area contributed by atoms with Crippen LogP contribution in [0.2, 0.25) is 0 Å². The maximum absolute atomic E-state index is 13.2. The van der Waals surface area contributed by atoms with Gasteiger partial charge in [-0.25, -0.2) is 4.79 Å². The molecule has 0 spiro atoms. The molecular formula is C23H33N2NaO5. The topological polar surface area (TPSA) is 95.9 Å². The number of carbonyl (C=O) groups excluding carboxylic acids is 2. The van der Waals surface area contributed by atoms with Crippen LogP contribution >= 0.6 is 0 Å². The van der Waals surface area contributed by atoms with E-state index in [0.29, 0.717) is 19.3 Å². The summed E-state index contributed by atoms with van der Waals surface area (Å²) in [5, 5.41) is 12.8. The molecular weight excluding hydrogens is 407 g/mol. The van der Waals surface area contributed by atoms with Crippen molar-refractivity contribution in [3.05, 3.63) is 35.9 Å². The molecule has 5 atom stereocenters. The molecule has 0 aromatic heterocycles. The minimum atomic E-state index is -0.948. The fourth-order valence-corrected chi connectivity index (χ4v) is 4.89. The molecule has 1 saturated carbocycles. The number of likely N-dealkylation sites (tertiary alicyclic amines) is 1. The van der Waals surface area contributed by atoms with E-state index in [2.05, 4.69) is 5.32 Å². The van der Waals surface area contributed by atoms with Gasteiger partial charge in [0.2, 0.25) is 5.91 Å². The Bertz CT molecular complexity index is 760. The molecule has 166 valence electrons. The van der Waals surface area contributed by atoms with Gasteiger partial charge >= 0.3 is 41.5 Å². The van der Waals surface area contributed by atoms with Crippen molar-refractivity contribution in [3.8, 4) is 0 Å². The summed E-state index contributed by atoms with van der Waals surface area (Å²) in [6.07, 6.45) is 4.54. The predicted molar refractivity (Wildman–Crippen MR) is 119 cm³/mol. The number of carbonyl (C=O) groups is 3. The van der Waals surface area contributed by atoms with Crippen LogP contribution in [0.25, 0.3) is 0 Å². The average molecular weight is 441 g/mol. The van der Waals surface area contributed by atoms with Crippen molar-refractivity contribution in [1.82, 2.24) is 10.2 Å². The average Bonchev–Trinajstić information content (AvgIpc) is 3.32. The number of fused-ring (bicyclic) bond motifs is 1. The van der Waals surface area contributed by atoms with Crippen LogP contribution in [0.5, 0.6) is 0 Å². The first kappa shape index (κ1) is 25.8. The fraction of sp³-hybridized carbons (Fsp3) is 0.609. The fourth-order valence-electron chi connectivity index (χ4n) is 4.89. The molecule has 0 unspecified atom stereocenters. The molecule has 1 amide bonds. The van der Waals surface area contributed by atoms with E-state index in [1.807, 2.05) is 30.3 Å². The maximum atomic E-state index is 13.2. The van der Waals surface area contributed by atoms with Crippen LogP contribution < -0.4 is 5.32 Å². The molecule has 8 heteroatoms. The first-order valence-corrected chi connectivity index (χ1v) is 10.9. The summed E-state index contributed by atoms with van der Waals surface area (Å²) in [5.74, 6) is -1.31. The third-order valence-corrected chi connectivity index (χ3v) is 6.33. The zero-order valence-electron chi connectivity index (χ0n) is 17.8. The number of aliphatic carboxylic acids is 1. The third kappa shape index (κ3) is 6.31. The first-order chi connectivity index (χ1) is 14.4. The van der Waals surface area contributed by atoms with Gasteiger partial charge in [0.1, 0.15) is 12.1 Å². The van der Waals surface area contributed by atoms with Crippen LogP contribution in [0.3, 0.4) is 0 Å². The summed E-state index contributed by atoms with van der Waals surface area (Å²) in [6.45, 7) is 3.72. The van der Waals surface area contributed by atoms with Crippen molar-refractivity contribution in [2.75, 3.05) is 6.61 Å². The van der Waals surface area contributed by atoms with Crippen LogP contribution in [0.1, 0.15) is 51.5 Å². The number of ether oxygens (including phenoxy) is 1. The number of aryl methyl sites for hydroxylation is 1. The van der Waals surface area contributed by atoms with E-state index in [0.717, 1.165) is 24.8 Å². The first-order valence-electron chi connectivity index (χ1n) is 10.9. The summed E-state index contributed by atoms with van der Waals surface area (Å²) < 4.78 is 5.21. The van der Waals surface area contributed by atoms with Gasteiger partial charge in [0, 0.05) is 6.04 Å². The molecule has 3 rings (SSSR count). The van der Waals surface area contributed by atoms with E-state index in [-0.39, 0.29) is 60.0 Å². The molecule has 1 aromatic carbocycles. The summed E-state index contributed by atoms with van der Waals surface area (Å²) in [5.41, 5.74) is 1.10. The Hall–Kier alpha value is -1.41. The molecule has 1 aliphatic carbocycles. The minimum absolute atomic E-state index is 0. The van der Waals surface area contributed by atoms with E-state index in [1.54, 1.807) is 18.7 Å². The Labute approximate surface area is 206 Å². The van der Waals surface area contributed by atoms with Crippen molar-refractivity contribution in [3.63, 3.8) is 0 Å². The monoisotopic (exact) mass is 440 g/mol. The van der Waals surface area contributed by atoms with Crippen LogP contribution in [-0.4, -0.2) is 88.2 Å². The third-order valence-electron chi connectivity index (χ3n) is 6.33. The van der Waals surface area contributed by atoms with Crippen molar-refractivity contribution in [2.24, 2.45) is 5.92 Å². The number of amides is 1. The number of carboxylic acid groups (broad SMARTS) is 1. The number of hydrogen-bond donors (Lipinski definition) is 2. The number of nitrogens with zero attached hydrogens (tertiary/aromatic N) is 1. The molecule has 0 bridgehead atoms. The van der Waals surface area contributed by atoms with Gasteiger partial charge < -0.3 is 14.7 Å². The molecule has 2 N–H and O–H groups in total. The Morgan fingerprint density at radius 1 is 1.23 bits per heavy atom. The predicted octanol–water partition coefficient (Wildman–Crippen LogP) is 1.73. The number of benzene rings is 1. The molecule has 2 aliphatic rings. The molecule has 1 heterocycles. The molecule has 1 saturated heterocycles. The van der Waals surface area contributed by atoms with Crippen LogP contribution in [0, 0.1) is 5.92 Å². The summed E-state index contributed by atoms with van der Waals surface area (Å²) in [7, 11) is 0. The van der Waals surface area contributed by atoms with E-state index < -0.39 is 24.1 Å². The quantitative estimate of drug-likeness (QED) is 0.449. The number of carboxylic acids is 1. The van der Waals surface area contributed by atoms with Gasteiger partial charge in [0.25, 0.3) is 0 Å². The van der Waals surface area contributed by atoms with Gasteiger partial charge in [-0.3, -0.25) is 14.9 Å². The molecule has 31 heavy (non-hydrogen) atoms. The van der Waals surface area contributed by atoms with E-state index in [9.17, 15) is 19.5 Å².